The molecule has 4 heteroatoms. The Labute approximate surface area is 93.1 Å². The topological polar surface area (TPSA) is 31.0 Å². The van der Waals surface area contributed by atoms with Gasteiger partial charge in [0.15, 0.2) is 12.5 Å². The van der Waals surface area contributed by atoms with Crippen molar-refractivity contribution in [2.75, 3.05) is 6.61 Å². The minimum Gasteiger partial charge on any atom is -0.361 e. The second kappa shape index (κ2) is 4.13. The first-order chi connectivity index (χ1) is 7.84. The van der Waals surface area contributed by atoms with Gasteiger partial charge in [-0.1, -0.05) is 30.3 Å². The molecule has 16 heavy (non-hydrogen) atoms. The van der Waals surface area contributed by atoms with Crippen molar-refractivity contribution in [3.05, 3.63) is 35.9 Å². The number of halogens is 1. The number of benzene rings is 1. The Morgan fingerprint density at radius 1 is 1.25 bits per heavy atom. The molecule has 3 rings (SSSR count). The van der Waals surface area contributed by atoms with Gasteiger partial charge in [0.25, 0.3) is 0 Å². The fourth-order valence-corrected chi connectivity index (χ4v) is 1.92. The molecule has 0 saturated carbocycles. The van der Waals surface area contributed by atoms with Crippen LogP contribution in [0.4, 0.5) is 4.39 Å². The number of hydrogen-bond acceptors (Lipinski definition) is 3. The van der Waals surface area contributed by atoms with E-state index < -0.39 is 12.5 Å². The number of rotatable bonds is 3. The van der Waals surface area contributed by atoms with Gasteiger partial charge in [-0.2, -0.15) is 0 Å². The summed E-state index contributed by atoms with van der Waals surface area (Å²) in [7, 11) is 0. The Morgan fingerprint density at radius 2 is 2.06 bits per heavy atom. The van der Waals surface area contributed by atoms with E-state index in [9.17, 15) is 4.39 Å². The summed E-state index contributed by atoms with van der Waals surface area (Å²) in [5.41, 5.74) is 1.07. The first kappa shape index (κ1) is 10.2. The maximum atomic E-state index is 13.0. The first-order valence-electron chi connectivity index (χ1n) is 5.41. The molecule has 2 fully saturated rings. The molecule has 86 valence electrons. The maximum Gasteiger partial charge on any atom is 0.186 e. The van der Waals surface area contributed by atoms with E-state index in [1.807, 2.05) is 30.3 Å². The van der Waals surface area contributed by atoms with Crippen molar-refractivity contribution in [2.24, 2.45) is 0 Å². The molecule has 4 atom stereocenters. The van der Waals surface area contributed by atoms with E-state index in [1.165, 1.54) is 0 Å². The van der Waals surface area contributed by atoms with E-state index in [0.717, 1.165) is 5.56 Å². The van der Waals surface area contributed by atoms with Crippen LogP contribution in [0.2, 0.25) is 0 Å². The molecular weight excluding hydrogens is 211 g/mol. The number of ether oxygens (including phenoxy) is 3. The van der Waals surface area contributed by atoms with E-state index in [4.69, 9.17) is 14.2 Å². The highest BCUT2D eigenvalue weighted by molar-refractivity contribution is 5.13. The van der Waals surface area contributed by atoms with Crippen LogP contribution in [0.25, 0.3) is 0 Å². The second-order valence-electron chi connectivity index (χ2n) is 4.08. The highest BCUT2D eigenvalue weighted by Crippen LogP contribution is 2.36. The van der Waals surface area contributed by atoms with Crippen molar-refractivity contribution in [3.8, 4) is 0 Å². The summed E-state index contributed by atoms with van der Waals surface area (Å²) in [6.45, 7) is 0.537. The largest absolute Gasteiger partial charge is 0.361 e. The normalized spacial score (nSPS) is 36.8. The van der Waals surface area contributed by atoms with Crippen molar-refractivity contribution >= 4 is 0 Å². The molecule has 3 nitrogen and oxygen atoms in total. The van der Waals surface area contributed by atoms with Crippen LogP contribution in [0.1, 0.15) is 5.56 Å². The molecule has 0 bridgehead atoms. The van der Waals surface area contributed by atoms with Crippen molar-refractivity contribution in [2.45, 2.75) is 31.3 Å². The molecule has 0 amide bonds. The third kappa shape index (κ3) is 1.96. The standard InChI is InChI=1S/C12H13FO3/c13-9-7-15-12(11-10(9)16-11)14-6-8-4-2-1-3-5-8/h1-5,9-12H,6-7H2/t9-,10+,11+,12-/m0/s1. The SMILES string of the molecule is F[C@H]1CO[C@H](OCc2ccccc2)[C@@H]2O[C@@H]21. The van der Waals surface area contributed by atoms with E-state index in [1.54, 1.807) is 0 Å². The second-order valence-corrected chi connectivity index (χ2v) is 4.08. The molecule has 0 radical (unpaired) electrons. The van der Waals surface area contributed by atoms with Gasteiger partial charge in [0.05, 0.1) is 13.2 Å². The third-order valence-electron chi connectivity index (χ3n) is 2.86. The molecule has 0 spiro atoms. The lowest BCUT2D eigenvalue weighted by atomic mass is 10.2. The molecular formula is C12H13FO3. The van der Waals surface area contributed by atoms with E-state index in [0.29, 0.717) is 6.61 Å². The van der Waals surface area contributed by atoms with Crippen LogP contribution in [0.3, 0.4) is 0 Å². The molecule has 1 aromatic carbocycles. The zero-order valence-electron chi connectivity index (χ0n) is 8.71. The predicted octanol–water partition coefficient (Wildman–Crippen LogP) is 1.66. The van der Waals surface area contributed by atoms with Crippen LogP contribution in [0.15, 0.2) is 30.3 Å². The van der Waals surface area contributed by atoms with Crippen molar-refractivity contribution in [3.63, 3.8) is 0 Å². The minimum atomic E-state index is -0.999. The molecule has 2 heterocycles. The molecule has 0 aromatic heterocycles. The zero-order chi connectivity index (χ0) is 11.0. The first-order valence-corrected chi connectivity index (χ1v) is 5.41. The van der Waals surface area contributed by atoms with Crippen LogP contribution in [0.5, 0.6) is 0 Å². The molecule has 0 N–H and O–H groups in total. The van der Waals surface area contributed by atoms with Gasteiger partial charge in [-0.3, -0.25) is 0 Å². The lowest BCUT2D eigenvalue weighted by Crippen LogP contribution is -2.36. The molecule has 2 aliphatic heterocycles. The van der Waals surface area contributed by atoms with Gasteiger partial charge in [0.1, 0.15) is 12.2 Å². The van der Waals surface area contributed by atoms with E-state index in [2.05, 4.69) is 0 Å². The molecule has 0 aliphatic carbocycles. The molecule has 2 saturated heterocycles. The van der Waals surface area contributed by atoms with Crippen molar-refractivity contribution < 1.29 is 18.6 Å². The fraction of sp³-hybridized carbons (Fsp3) is 0.500. The van der Waals surface area contributed by atoms with Gasteiger partial charge in [-0.05, 0) is 5.56 Å². The number of fused-ring (bicyclic) bond motifs is 1. The summed E-state index contributed by atoms with van der Waals surface area (Å²) < 4.78 is 29.0. The lowest BCUT2D eigenvalue weighted by Gasteiger charge is -2.21. The fourth-order valence-electron chi connectivity index (χ4n) is 1.92. The van der Waals surface area contributed by atoms with Gasteiger partial charge in [0.2, 0.25) is 0 Å². The Hall–Kier alpha value is -0.970. The molecule has 2 aliphatic rings. The molecule has 0 unspecified atom stereocenters. The summed E-state index contributed by atoms with van der Waals surface area (Å²) in [6.07, 6.45) is -1.94. The van der Waals surface area contributed by atoms with Gasteiger partial charge < -0.3 is 14.2 Å². The summed E-state index contributed by atoms with van der Waals surface area (Å²) in [6, 6.07) is 9.81. The van der Waals surface area contributed by atoms with Crippen LogP contribution in [-0.2, 0) is 20.8 Å². The average molecular weight is 224 g/mol. The predicted molar refractivity (Wildman–Crippen MR) is 54.5 cm³/mol. The third-order valence-corrected chi connectivity index (χ3v) is 2.86. The summed E-state index contributed by atoms with van der Waals surface area (Å²) >= 11 is 0. The Kier molecular flexibility index (Phi) is 2.63. The summed E-state index contributed by atoms with van der Waals surface area (Å²) in [4.78, 5) is 0. The average Bonchev–Trinajstić information content (AvgIpc) is 3.11. The lowest BCUT2D eigenvalue weighted by molar-refractivity contribution is -0.175. The van der Waals surface area contributed by atoms with Crippen LogP contribution < -0.4 is 0 Å². The number of hydrogen-bond donors (Lipinski definition) is 0. The van der Waals surface area contributed by atoms with Crippen LogP contribution in [0, 0.1) is 0 Å². The Bertz CT molecular complexity index is 357. The maximum absolute atomic E-state index is 13.0. The summed E-state index contributed by atoms with van der Waals surface area (Å²) in [5.74, 6) is 0. The quantitative estimate of drug-likeness (QED) is 0.732. The minimum absolute atomic E-state index is 0.0701. The summed E-state index contributed by atoms with van der Waals surface area (Å²) in [5, 5.41) is 0. The van der Waals surface area contributed by atoms with Gasteiger partial charge >= 0.3 is 0 Å². The number of epoxide rings is 1. The number of alkyl halides is 1. The van der Waals surface area contributed by atoms with E-state index >= 15 is 0 Å². The smallest absolute Gasteiger partial charge is 0.186 e. The Morgan fingerprint density at radius 3 is 2.88 bits per heavy atom. The molecule has 1 aromatic rings. The van der Waals surface area contributed by atoms with Crippen molar-refractivity contribution in [1.29, 1.82) is 0 Å². The highest BCUT2D eigenvalue weighted by atomic mass is 19.1. The van der Waals surface area contributed by atoms with Gasteiger partial charge in [0, 0.05) is 0 Å². The van der Waals surface area contributed by atoms with E-state index in [-0.39, 0.29) is 18.8 Å². The van der Waals surface area contributed by atoms with Crippen LogP contribution in [-0.4, -0.2) is 31.3 Å². The van der Waals surface area contributed by atoms with Gasteiger partial charge in [-0.25, -0.2) is 4.39 Å². The monoisotopic (exact) mass is 224 g/mol. The Balaban J connectivity index is 1.53. The zero-order valence-corrected chi connectivity index (χ0v) is 8.71. The van der Waals surface area contributed by atoms with Gasteiger partial charge in [-0.15, -0.1) is 0 Å². The highest BCUT2D eigenvalue weighted by Gasteiger charge is 2.55. The van der Waals surface area contributed by atoms with Crippen molar-refractivity contribution in [1.82, 2.24) is 0 Å². The van der Waals surface area contributed by atoms with Crippen LogP contribution >= 0.6 is 0 Å².